The molecule has 0 amide bonds. The first-order valence-electron chi connectivity index (χ1n) is 5.62. The van der Waals surface area contributed by atoms with Gasteiger partial charge in [0.15, 0.2) is 0 Å². The van der Waals surface area contributed by atoms with E-state index in [1.807, 2.05) is 60.7 Å². The predicted octanol–water partition coefficient (Wildman–Crippen LogP) is 3.18. The Bertz CT molecular complexity index is 456. The molecule has 2 aromatic carbocycles. The molecule has 0 radical (unpaired) electrons. The smallest absolute Gasteiger partial charge is 0.0673 e. The van der Waals surface area contributed by atoms with Crippen LogP contribution in [0.25, 0.3) is 0 Å². The normalized spacial score (nSPS) is 10.9. The topological polar surface area (TPSA) is 48.8 Å². The van der Waals surface area contributed by atoms with Crippen LogP contribution in [0.2, 0.25) is 0 Å². The number of anilines is 2. The molecule has 0 unspecified atom stereocenters. The van der Waals surface area contributed by atoms with E-state index in [0.29, 0.717) is 0 Å². The zero-order valence-corrected chi connectivity index (χ0v) is 9.82. The molecule has 90 valence electrons. The zero-order chi connectivity index (χ0) is 12.5. The number of nitrogens with zero attached hydrogens (tertiary/aromatic N) is 2. The Labute approximate surface area is 106 Å². The molecule has 4 nitrogen and oxygen atoms in total. The van der Waals surface area contributed by atoms with Crippen LogP contribution in [-0.4, -0.2) is 12.4 Å². The monoisotopic (exact) mass is 238 g/mol. The molecule has 0 fully saturated rings. The van der Waals surface area contributed by atoms with Gasteiger partial charge in [0.1, 0.15) is 0 Å². The molecule has 0 heterocycles. The Morgan fingerprint density at radius 2 is 1.00 bits per heavy atom. The van der Waals surface area contributed by atoms with Crippen molar-refractivity contribution in [3.8, 4) is 0 Å². The molecule has 0 bridgehead atoms. The molecule has 0 spiro atoms. The van der Waals surface area contributed by atoms with Crippen LogP contribution in [0, 0.1) is 0 Å². The highest BCUT2D eigenvalue weighted by Crippen LogP contribution is 2.04. The first-order chi connectivity index (χ1) is 8.95. The van der Waals surface area contributed by atoms with Crippen LogP contribution >= 0.6 is 0 Å². The van der Waals surface area contributed by atoms with Crippen molar-refractivity contribution in [2.75, 3.05) is 10.9 Å². The quantitative estimate of drug-likeness (QED) is 0.621. The van der Waals surface area contributed by atoms with Crippen LogP contribution in [0.5, 0.6) is 0 Å². The number of hydrogen-bond donors (Lipinski definition) is 2. The van der Waals surface area contributed by atoms with Gasteiger partial charge < -0.3 is 0 Å². The minimum Gasteiger partial charge on any atom is -0.278 e. The minimum atomic E-state index is 0.943. The highest BCUT2D eigenvalue weighted by molar-refractivity contribution is 6.16. The average molecular weight is 238 g/mol. The lowest BCUT2D eigenvalue weighted by atomic mass is 10.3. The van der Waals surface area contributed by atoms with Crippen LogP contribution in [0.3, 0.4) is 0 Å². The van der Waals surface area contributed by atoms with E-state index in [0.717, 1.165) is 11.4 Å². The molecule has 2 aromatic rings. The summed E-state index contributed by atoms with van der Waals surface area (Å²) in [4.78, 5) is 0. The van der Waals surface area contributed by atoms with Crippen molar-refractivity contribution in [1.29, 1.82) is 0 Å². The van der Waals surface area contributed by atoms with Gasteiger partial charge in [0.05, 0.1) is 23.8 Å². The van der Waals surface area contributed by atoms with Crippen molar-refractivity contribution in [1.82, 2.24) is 0 Å². The Kier molecular flexibility index (Phi) is 4.51. The SMILES string of the molecule is C(/C=N/Nc1ccccc1)=N\Nc1ccccc1. The first-order valence-corrected chi connectivity index (χ1v) is 5.62. The molecular formula is C14H14N4. The molecule has 0 saturated carbocycles. The lowest BCUT2D eigenvalue weighted by Crippen LogP contribution is -1.92. The first kappa shape index (κ1) is 11.9. The lowest BCUT2D eigenvalue weighted by Gasteiger charge is -1.97. The summed E-state index contributed by atoms with van der Waals surface area (Å²) in [5, 5.41) is 8.02. The fourth-order valence-corrected chi connectivity index (χ4v) is 1.32. The van der Waals surface area contributed by atoms with Gasteiger partial charge >= 0.3 is 0 Å². The fraction of sp³-hybridized carbons (Fsp3) is 0. The molecule has 0 aromatic heterocycles. The van der Waals surface area contributed by atoms with Crippen LogP contribution < -0.4 is 10.9 Å². The van der Waals surface area contributed by atoms with Crippen molar-refractivity contribution >= 4 is 23.8 Å². The second kappa shape index (κ2) is 6.85. The molecular weight excluding hydrogens is 224 g/mol. The summed E-state index contributed by atoms with van der Waals surface area (Å²) < 4.78 is 0. The maximum Gasteiger partial charge on any atom is 0.0673 e. The van der Waals surface area contributed by atoms with Gasteiger partial charge in [-0.3, -0.25) is 10.9 Å². The summed E-state index contributed by atoms with van der Waals surface area (Å²) in [6.07, 6.45) is 3.17. The van der Waals surface area contributed by atoms with E-state index in [4.69, 9.17) is 0 Å². The van der Waals surface area contributed by atoms with Crippen molar-refractivity contribution < 1.29 is 0 Å². The van der Waals surface area contributed by atoms with Gasteiger partial charge in [-0.15, -0.1) is 0 Å². The standard InChI is InChI=1S/C14H14N4/c1-3-7-13(8-4-1)17-15-11-12-16-18-14-9-5-2-6-10-14/h1-12,17-18H/b15-11+,16-12+. The Morgan fingerprint density at radius 1 is 0.611 bits per heavy atom. The molecule has 0 saturated heterocycles. The summed E-state index contributed by atoms with van der Waals surface area (Å²) in [5.74, 6) is 0. The van der Waals surface area contributed by atoms with Crippen molar-refractivity contribution in [2.24, 2.45) is 10.2 Å². The fourth-order valence-electron chi connectivity index (χ4n) is 1.32. The summed E-state index contributed by atoms with van der Waals surface area (Å²) in [5.41, 5.74) is 7.67. The van der Waals surface area contributed by atoms with E-state index in [1.165, 1.54) is 0 Å². The molecule has 0 aliphatic heterocycles. The number of hydrogen-bond acceptors (Lipinski definition) is 4. The van der Waals surface area contributed by atoms with Crippen molar-refractivity contribution in [3.63, 3.8) is 0 Å². The third kappa shape index (κ3) is 4.09. The van der Waals surface area contributed by atoms with Gasteiger partial charge in [-0.25, -0.2) is 0 Å². The van der Waals surface area contributed by atoms with Gasteiger partial charge in [-0.05, 0) is 24.3 Å². The van der Waals surface area contributed by atoms with Crippen LogP contribution in [0.15, 0.2) is 70.9 Å². The Balaban J connectivity index is 1.75. The minimum absolute atomic E-state index is 0.943. The summed E-state index contributed by atoms with van der Waals surface area (Å²) in [6.45, 7) is 0. The van der Waals surface area contributed by atoms with Crippen molar-refractivity contribution in [2.45, 2.75) is 0 Å². The van der Waals surface area contributed by atoms with E-state index in [-0.39, 0.29) is 0 Å². The zero-order valence-electron chi connectivity index (χ0n) is 9.82. The van der Waals surface area contributed by atoms with E-state index >= 15 is 0 Å². The second-order valence-corrected chi connectivity index (χ2v) is 3.51. The third-order valence-electron chi connectivity index (χ3n) is 2.15. The molecule has 2 N–H and O–H groups in total. The third-order valence-corrected chi connectivity index (χ3v) is 2.15. The van der Waals surface area contributed by atoms with Gasteiger partial charge in [0, 0.05) is 0 Å². The molecule has 0 atom stereocenters. The summed E-state index contributed by atoms with van der Waals surface area (Å²) >= 11 is 0. The van der Waals surface area contributed by atoms with Gasteiger partial charge in [-0.2, -0.15) is 10.2 Å². The number of benzene rings is 2. The Hall–Kier alpha value is -2.62. The van der Waals surface area contributed by atoms with E-state index < -0.39 is 0 Å². The molecule has 0 aliphatic carbocycles. The number of nitrogens with one attached hydrogen (secondary N) is 2. The van der Waals surface area contributed by atoms with Gasteiger partial charge in [-0.1, -0.05) is 36.4 Å². The van der Waals surface area contributed by atoms with E-state index in [1.54, 1.807) is 12.4 Å². The summed E-state index contributed by atoms with van der Waals surface area (Å²) in [6, 6.07) is 19.5. The average Bonchev–Trinajstić information content (AvgIpc) is 2.45. The van der Waals surface area contributed by atoms with E-state index in [9.17, 15) is 0 Å². The molecule has 2 rings (SSSR count). The van der Waals surface area contributed by atoms with Crippen LogP contribution in [-0.2, 0) is 0 Å². The van der Waals surface area contributed by atoms with E-state index in [2.05, 4.69) is 21.1 Å². The molecule has 0 aliphatic rings. The summed E-state index contributed by atoms with van der Waals surface area (Å²) in [7, 11) is 0. The second-order valence-electron chi connectivity index (χ2n) is 3.51. The number of para-hydroxylation sites is 2. The maximum atomic E-state index is 4.01. The van der Waals surface area contributed by atoms with Crippen LogP contribution in [0.1, 0.15) is 0 Å². The number of hydrazone groups is 2. The lowest BCUT2D eigenvalue weighted by molar-refractivity contribution is 1.34. The molecule has 18 heavy (non-hydrogen) atoms. The van der Waals surface area contributed by atoms with Gasteiger partial charge in [0.25, 0.3) is 0 Å². The van der Waals surface area contributed by atoms with Crippen LogP contribution in [0.4, 0.5) is 11.4 Å². The van der Waals surface area contributed by atoms with Gasteiger partial charge in [0.2, 0.25) is 0 Å². The largest absolute Gasteiger partial charge is 0.278 e. The Morgan fingerprint density at radius 3 is 1.39 bits per heavy atom. The predicted molar refractivity (Wildman–Crippen MR) is 77.1 cm³/mol. The molecule has 4 heteroatoms. The highest BCUT2D eigenvalue weighted by Gasteiger charge is 1.84. The number of rotatable bonds is 5. The maximum absolute atomic E-state index is 4.01. The van der Waals surface area contributed by atoms with Crippen molar-refractivity contribution in [3.05, 3.63) is 60.7 Å². The highest BCUT2D eigenvalue weighted by atomic mass is 15.3.